The first-order valence-electron chi connectivity index (χ1n) is 39.6. The fourth-order valence-corrected chi connectivity index (χ4v) is 21.4. The van der Waals surface area contributed by atoms with Crippen LogP contribution in [0.2, 0.25) is 0 Å². The van der Waals surface area contributed by atoms with E-state index in [2.05, 4.69) is 391 Å². The minimum absolute atomic E-state index is 0.683. The van der Waals surface area contributed by atoms with Crippen molar-refractivity contribution >= 4 is 190 Å². The number of thiophene rings is 3. The van der Waals surface area contributed by atoms with Gasteiger partial charge >= 0.3 is 0 Å². The van der Waals surface area contributed by atoms with Crippen molar-refractivity contribution in [3.63, 3.8) is 0 Å². The second-order valence-electron chi connectivity index (χ2n) is 29.9. The second-order valence-corrected chi connectivity index (χ2v) is 33.1. The van der Waals surface area contributed by atoms with Crippen molar-refractivity contribution in [1.82, 2.24) is 29.9 Å². The van der Waals surface area contributed by atoms with Crippen LogP contribution in [-0.2, 0) is 0 Å². The first-order chi connectivity index (χ1) is 58.5. The number of benzene rings is 17. The number of hydrogen-bond donors (Lipinski definition) is 0. The van der Waals surface area contributed by atoms with Crippen LogP contribution in [0.3, 0.4) is 0 Å². The highest BCUT2D eigenvalue weighted by Gasteiger charge is 2.33. The Kier molecular flexibility index (Phi) is 15.7. The standard InChI is InChI=1S/C38H23N3S.C36H21N3S.C32H19N3S/c1-2-10-24(11-3-1)25-20-22-27(23-21-25)35-37-36(30-15-5-7-19-33(30)42-37)40-38(39-35)41-31-17-6-4-14-28(31)29-16-8-12-26-13-9-18-32(41)34(26)29;1-2-10-24-21-25(20-19-22(24)9-1)33-35-34(28-14-4-6-18-31(28)40-35)38-36(37-33)39-29-16-5-3-13-26(29)27-15-7-11-23-12-8-17-30(39)32(23)27;1-2-10-21(11-3-1)29-31-30(24-15-5-7-19-27(24)36-31)34-32(33-29)35-25-17-6-4-14-22(25)23-16-8-12-20-13-9-18-26(35)28(20)23/h1-23H;1-21H;1-19H. The average molecular weight is 1560 g/mol. The second kappa shape index (κ2) is 27.4. The van der Waals surface area contributed by atoms with Crippen LogP contribution in [0, 0.1) is 0 Å². The van der Waals surface area contributed by atoms with E-state index in [1.807, 2.05) is 6.07 Å². The van der Waals surface area contributed by atoms with Crippen LogP contribution >= 0.6 is 34.0 Å². The highest BCUT2D eigenvalue weighted by Crippen LogP contribution is 2.56. The van der Waals surface area contributed by atoms with Gasteiger partial charge in [0.15, 0.2) is 0 Å². The summed E-state index contributed by atoms with van der Waals surface area (Å²) in [6.07, 6.45) is 0. The van der Waals surface area contributed by atoms with E-state index in [0.29, 0.717) is 17.8 Å². The molecule has 12 heteroatoms. The number of nitrogens with zero attached hydrogens (tertiary/aromatic N) is 9. The van der Waals surface area contributed by atoms with E-state index < -0.39 is 0 Å². The normalized spacial score (nSPS) is 12.4. The van der Waals surface area contributed by atoms with Crippen LogP contribution in [0.15, 0.2) is 382 Å². The van der Waals surface area contributed by atoms with Gasteiger partial charge in [-0.05, 0) is 115 Å². The molecule has 3 aliphatic rings. The van der Waals surface area contributed by atoms with Crippen molar-refractivity contribution in [3.8, 4) is 78.3 Å². The van der Waals surface area contributed by atoms with Gasteiger partial charge in [-0.3, -0.25) is 14.7 Å². The van der Waals surface area contributed by atoms with Crippen LogP contribution in [-0.4, -0.2) is 29.9 Å². The Labute approximate surface area is 689 Å². The molecule has 17 aromatic carbocycles. The molecular formula is C106H63N9S3. The summed E-state index contributed by atoms with van der Waals surface area (Å²) < 4.78 is 7.00. The van der Waals surface area contributed by atoms with E-state index in [0.717, 1.165) is 109 Å². The summed E-state index contributed by atoms with van der Waals surface area (Å²) in [5, 5.41) is 13.3. The van der Waals surface area contributed by atoms with Crippen LogP contribution in [0.5, 0.6) is 0 Å². The summed E-state index contributed by atoms with van der Waals surface area (Å²) in [5.41, 5.74) is 25.5. The highest BCUT2D eigenvalue weighted by molar-refractivity contribution is 7.27. The minimum atomic E-state index is 0.683. The highest BCUT2D eigenvalue weighted by atomic mass is 32.1. The Morgan fingerprint density at radius 3 is 0.881 bits per heavy atom. The van der Waals surface area contributed by atoms with Crippen molar-refractivity contribution in [3.05, 3.63) is 382 Å². The van der Waals surface area contributed by atoms with Crippen molar-refractivity contribution in [2.75, 3.05) is 14.7 Å². The molecule has 9 nitrogen and oxygen atoms in total. The molecule has 0 saturated carbocycles. The fraction of sp³-hybridized carbons (Fsp3) is 0. The molecule has 0 fully saturated rings. The third-order valence-corrected chi connectivity index (χ3v) is 26.7. The summed E-state index contributed by atoms with van der Waals surface area (Å²) in [4.78, 5) is 38.7. The van der Waals surface area contributed by atoms with E-state index in [-0.39, 0.29) is 0 Å². The van der Waals surface area contributed by atoms with Crippen molar-refractivity contribution in [2.45, 2.75) is 0 Å². The topological polar surface area (TPSA) is 87.1 Å². The zero-order valence-electron chi connectivity index (χ0n) is 63.1. The Hall–Kier alpha value is -14.9. The van der Waals surface area contributed by atoms with Gasteiger partial charge in [0.2, 0.25) is 17.8 Å². The number of hydrogen-bond acceptors (Lipinski definition) is 12. The molecule has 0 N–H and O–H groups in total. The zero-order valence-corrected chi connectivity index (χ0v) is 65.6. The lowest BCUT2D eigenvalue weighted by Crippen LogP contribution is -2.17. The Balaban J connectivity index is 0.000000101. The van der Waals surface area contributed by atoms with E-state index in [9.17, 15) is 0 Å². The summed E-state index contributed by atoms with van der Waals surface area (Å²) in [6, 6.07) is 135. The van der Waals surface area contributed by atoms with Crippen molar-refractivity contribution in [1.29, 1.82) is 0 Å². The van der Waals surface area contributed by atoms with Crippen LogP contribution in [0.4, 0.5) is 52.0 Å². The first kappa shape index (κ1) is 67.6. The molecule has 0 aliphatic carbocycles. The first-order valence-corrected chi connectivity index (χ1v) is 42.0. The third kappa shape index (κ3) is 10.9. The zero-order chi connectivity index (χ0) is 77.5. The quantitative estimate of drug-likeness (QED) is 0.155. The Morgan fingerprint density at radius 1 is 0.186 bits per heavy atom. The average Bonchev–Trinajstić information content (AvgIpc) is 0.979. The molecule has 0 atom stereocenters. The molecule has 0 radical (unpaired) electrons. The van der Waals surface area contributed by atoms with Crippen molar-refractivity contribution < 1.29 is 0 Å². The lowest BCUT2D eigenvalue weighted by Gasteiger charge is -2.32. The number of anilines is 9. The summed E-state index contributed by atoms with van der Waals surface area (Å²) in [7, 11) is 0. The fourth-order valence-electron chi connectivity index (χ4n) is 17.9. The van der Waals surface area contributed by atoms with Gasteiger partial charge in [0, 0.05) is 79.8 Å². The largest absolute Gasteiger partial charge is 0.278 e. The summed E-state index contributed by atoms with van der Waals surface area (Å²) in [5.74, 6) is 2.07. The van der Waals surface area contributed by atoms with Gasteiger partial charge in [-0.15, -0.1) is 34.0 Å². The monoisotopic (exact) mass is 1560 g/mol. The lowest BCUT2D eigenvalue weighted by atomic mass is 9.91. The molecule has 6 aromatic heterocycles. The molecule has 118 heavy (non-hydrogen) atoms. The number of fused-ring (bicyclic) bond motifs is 16. The molecule has 0 unspecified atom stereocenters. The molecule has 0 saturated heterocycles. The maximum Gasteiger partial charge on any atom is 0.235 e. The van der Waals surface area contributed by atoms with Crippen molar-refractivity contribution in [2.24, 2.45) is 0 Å². The van der Waals surface area contributed by atoms with Crippen LogP contribution in [0.25, 0.3) is 182 Å². The van der Waals surface area contributed by atoms with Gasteiger partial charge in [0.1, 0.15) is 0 Å². The SMILES string of the molecule is c1ccc(-c2ccc(-c3nc(N4c5ccccc5-c5cccc6cccc4c56)nc4c3sc3ccccc34)cc2)cc1.c1ccc(-c2nc(N3c4ccccc4-c4cccc5cccc3c45)nc3c2sc2ccccc23)cc1.c1ccc2c(c1)-c1cccc3cccc(c13)N2c1nc(-c2ccc3ccccc3c2)c2sc3ccccc3c2n1. The third-order valence-electron chi connectivity index (χ3n) is 23.2. The van der Waals surface area contributed by atoms with Crippen LogP contribution in [0.1, 0.15) is 0 Å². The maximum atomic E-state index is 5.38. The molecule has 9 heterocycles. The minimum Gasteiger partial charge on any atom is -0.278 e. The molecule has 0 spiro atoms. The predicted molar refractivity (Wildman–Crippen MR) is 498 cm³/mol. The number of rotatable bonds is 7. The van der Waals surface area contributed by atoms with E-state index in [4.69, 9.17) is 29.9 Å². The maximum absolute atomic E-state index is 5.38. The molecule has 550 valence electrons. The molecule has 0 amide bonds. The smallest absolute Gasteiger partial charge is 0.235 e. The number of para-hydroxylation sites is 3. The molecule has 0 bridgehead atoms. The van der Waals surface area contributed by atoms with Crippen LogP contribution < -0.4 is 14.7 Å². The van der Waals surface area contributed by atoms with Gasteiger partial charge in [-0.25, -0.2) is 29.9 Å². The Morgan fingerprint density at radius 2 is 0.466 bits per heavy atom. The van der Waals surface area contributed by atoms with Gasteiger partial charge < -0.3 is 0 Å². The van der Waals surface area contributed by atoms with Gasteiger partial charge in [0.25, 0.3) is 0 Å². The lowest BCUT2D eigenvalue weighted by molar-refractivity contribution is 1.12. The van der Waals surface area contributed by atoms with Gasteiger partial charge in [0.05, 0.1) is 81.9 Å². The molecular weight excluding hydrogens is 1500 g/mol. The van der Waals surface area contributed by atoms with Gasteiger partial charge in [-0.2, -0.15) is 0 Å². The predicted octanol–water partition coefficient (Wildman–Crippen LogP) is 30.2. The Bertz CT molecular complexity index is 8040. The summed E-state index contributed by atoms with van der Waals surface area (Å²) >= 11 is 5.30. The molecule has 23 aromatic rings. The van der Waals surface area contributed by atoms with E-state index in [1.165, 1.54) is 107 Å². The summed E-state index contributed by atoms with van der Waals surface area (Å²) in [6.45, 7) is 0. The van der Waals surface area contributed by atoms with E-state index in [1.54, 1.807) is 34.0 Å². The molecule has 26 rings (SSSR count). The number of aromatic nitrogens is 6. The van der Waals surface area contributed by atoms with E-state index >= 15 is 0 Å². The van der Waals surface area contributed by atoms with Gasteiger partial charge in [-0.1, -0.05) is 322 Å². The molecule has 3 aliphatic heterocycles.